The minimum Gasteiger partial charge on any atom is -0.444 e. The Morgan fingerprint density at radius 1 is 1.16 bits per heavy atom. The van der Waals surface area contributed by atoms with Gasteiger partial charge < -0.3 is 19.9 Å². The lowest BCUT2D eigenvalue weighted by molar-refractivity contribution is -0.127. The van der Waals surface area contributed by atoms with Gasteiger partial charge in [-0.3, -0.25) is 4.79 Å². The molecule has 0 aromatic carbocycles. The van der Waals surface area contributed by atoms with Gasteiger partial charge in [-0.25, -0.2) is 14.8 Å². The third-order valence-electron chi connectivity index (χ3n) is 5.75. The molecule has 0 aliphatic carbocycles. The average Bonchev–Trinajstić information content (AvgIpc) is 3.22. The van der Waals surface area contributed by atoms with E-state index in [-0.39, 0.29) is 24.0 Å². The number of hydrogen-bond donors (Lipinski definition) is 1. The number of rotatable bonds is 3. The van der Waals surface area contributed by atoms with E-state index in [1.54, 1.807) is 22.6 Å². The second-order valence-electron chi connectivity index (χ2n) is 9.40. The number of ether oxygens (including phenoxy) is 1. The van der Waals surface area contributed by atoms with Crippen LogP contribution in [-0.4, -0.2) is 64.7 Å². The quantitative estimate of drug-likeness (QED) is 0.779. The molecule has 2 fully saturated rings. The van der Waals surface area contributed by atoms with E-state index in [9.17, 15) is 9.59 Å². The van der Waals surface area contributed by atoms with Crippen LogP contribution in [0.4, 0.5) is 10.6 Å². The number of likely N-dealkylation sites (tertiary alicyclic amines) is 1. The molecule has 9 heteroatoms. The molecule has 1 N–H and O–H groups in total. The summed E-state index contributed by atoms with van der Waals surface area (Å²) in [5, 5.41) is 6.34. The van der Waals surface area contributed by atoms with Crippen molar-refractivity contribution in [2.24, 2.45) is 5.92 Å². The van der Waals surface area contributed by atoms with E-state index in [2.05, 4.69) is 26.3 Å². The van der Waals surface area contributed by atoms with Gasteiger partial charge in [-0.15, -0.1) is 11.3 Å². The number of aromatic nitrogens is 2. The summed E-state index contributed by atoms with van der Waals surface area (Å²) in [6.07, 6.45) is 4.83. The predicted octanol–water partition coefficient (Wildman–Crippen LogP) is 3.42. The summed E-state index contributed by atoms with van der Waals surface area (Å²) < 4.78 is 5.48. The first kappa shape index (κ1) is 21.8. The van der Waals surface area contributed by atoms with Crippen molar-refractivity contribution < 1.29 is 14.3 Å². The van der Waals surface area contributed by atoms with Gasteiger partial charge in [-0.05, 0) is 57.9 Å². The molecule has 4 heterocycles. The minimum absolute atomic E-state index is 0.0310. The highest BCUT2D eigenvalue weighted by atomic mass is 32.1. The largest absolute Gasteiger partial charge is 0.444 e. The average molecular weight is 446 g/mol. The fraction of sp³-hybridized carbons (Fsp3) is 0.636. The number of anilines is 1. The monoisotopic (exact) mass is 445 g/mol. The molecule has 2 atom stereocenters. The molecule has 2 aliphatic rings. The molecule has 4 rings (SSSR count). The smallest absolute Gasteiger partial charge is 0.410 e. The Bertz CT molecular complexity index is 941. The standard InChI is InChI=1S/C22H31N5O3S/c1-22(2,3)30-21(29)27-10-4-6-15(12-27)19(28)25-16-7-5-9-26(13-16)18-17-8-11-31-20(17)24-14-23-18/h8,11,14-16H,4-7,9-10,12-13H2,1-3H3,(H,25,28)/t15-,16+/m0/s1. The maximum Gasteiger partial charge on any atom is 0.410 e. The highest BCUT2D eigenvalue weighted by Crippen LogP contribution is 2.29. The van der Waals surface area contributed by atoms with Crippen LogP contribution < -0.4 is 10.2 Å². The van der Waals surface area contributed by atoms with Crippen LogP contribution in [0, 0.1) is 5.92 Å². The fourth-order valence-corrected chi connectivity index (χ4v) is 5.05. The number of thiophene rings is 1. The molecular weight excluding hydrogens is 414 g/mol. The van der Waals surface area contributed by atoms with Crippen LogP contribution in [0.5, 0.6) is 0 Å². The Morgan fingerprint density at radius 2 is 1.97 bits per heavy atom. The number of fused-ring (bicyclic) bond motifs is 1. The van der Waals surface area contributed by atoms with Gasteiger partial charge in [-0.2, -0.15) is 0 Å². The lowest BCUT2D eigenvalue weighted by atomic mass is 9.96. The molecule has 0 saturated carbocycles. The molecule has 2 aromatic rings. The van der Waals surface area contributed by atoms with E-state index >= 15 is 0 Å². The minimum atomic E-state index is -0.535. The van der Waals surface area contributed by atoms with Crippen molar-refractivity contribution in [2.75, 3.05) is 31.1 Å². The van der Waals surface area contributed by atoms with Gasteiger partial charge in [-0.1, -0.05) is 0 Å². The highest BCUT2D eigenvalue weighted by molar-refractivity contribution is 7.16. The Labute approximate surface area is 187 Å². The van der Waals surface area contributed by atoms with Gasteiger partial charge in [0.2, 0.25) is 5.91 Å². The van der Waals surface area contributed by atoms with E-state index in [1.165, 1.54) is 0 Å². The molecule has 0 bridgehead atoms. The number of piperidine rings is 2. The molecule has 0 spiro atoms. The van der Waals surface area contributed by atoms with E-state index in [1.807, 2.05) is 26.2 Å². The van der Waals surface area contributed by atoms with Crippen LogP contribution in [0.2, 0.25) is 0 Å². The number of hydrogen-bond acceptors (Lipinski definition) is 7. The number of carbonyl (C=O) groups is 2. The number of amides is 2. The number of nitrogens with one attached hydrogen (secondary N) is 1. The molecule has 168 valence electrons. The predicted molar refractivity (Wildman–Crippen MR) is 121 cm³/mol. The van der Waals surface area contributed by atoms with E-state index < -0.39 is 5.60 Å². The third kappa shape index (κ3) is 5.26. The Balaban J connectivity index is 1.36. The normalized spacial score (nSPS) is 22.4. The topological polar surface area (TPSA) is 87.7 Å². The van der Waals surface area contributed by atoms with Crippen molar-refractivity contribution in [2.45, 2.75) is 58.1 Å². The van der Waals surface area contributed by atoms with Gasteiger partial charge in [0.1, 0.15) is 22.6 Å². The van der Waals surface area contributed by atoms with E-state index in [0.29, 0.717) is 13.1 Å². The van der Waals surface area contributed by atoms with Crippen LogP contribution in [0.1, 0.15) is 46.5 Å². The first-order valence-electron chi connectivity index (χ1n) is 11.0. The van der Waals surface area contributed by atoms with Gasteiger partial charge in [0, 0.05) is 32.2 Å². The summed E-state index contributed by atoms with van der Waals surface area (Å²) in [5.41, 5.74) is -0.535. The van der Waals surface area contributed by atoms with Crippen LogP contribution in [-0.2, 0) is 9.53 Å². The Morgan fingerprint density at radius 3 is 2.77 bits per heavy atom. The molecule has 2 aromatic heterocycles. The van der Waals surface area contributed by atoms with Crippen molar-refractivity contribution in [3.8, 4) is 0 Å². The van der Waals surface area contributed by atoms with Gasteiger partial charge >= 0.3 is 6.09 Å². The molecule has 2 amide bonds. The first-order valence-corrected chi connectivity index (χ1v) is 11.9. The Kier molecular flexibility index (Phi) is 6.31. The molecule has 0 unspecified atom stereocenters. The summed E-state index contributed by atoms with van der Waals surface area (Å²) in [5.74, 6) is 0.779. The maximum absolute atomic E-state index is 13.0. The van der Waals surface area contributed by atoms with E-state index in [0.717, 1.165) is 54.8 Å². The molecule has 31 heavy (non-hydrogen) atoms. The lowest BCUT2D eigenvalue weighted by Gasteiger charge is -2.36. The molecule has 0 radical (unpaired) electrons. The zero-order chi connectivity index (χ0) is 22.0. The van der Waals surface area contributed by atoms with Crippen molar-refractivity contribution in [1.82, 2.24) is 20.2 Å². The zero-order valence-electron chi connectivity index (χ0n) is 18.5. The van der Waals surface area contributed by atoms with Crippen LogP contribution in [0.15, 0.2) is 17.8 Å². The second kappa shape index (κ2) is 8.98. The molecule has 2 aliphatic heterocycles. The third-order valence-corrected chi connectivity index (χ3v) is 6.57. The molecule has 8 nitrogen and oxygen atoms in total. The van der Waals surface area contributed by atoms with Crippen molar-refractivity contribution in [3.63, 3.8) is 0 Å². The first-order chi connectivity index (χ1) is 14.8. The molecule has 2 saturated heterocycles. The molecular formula is C22H31N5O3S. The number of nitrogens with zero attached hydrogens (tertiary/aromatic N) is 4. The van der Waals surface area contributed by atoms with Crippen molar-refractivity contribution in [3.05, 3.63) is 17.8 Å². The van der Waals surface area contributed by atoms with Gasteiger partial charge in [0.15, 0.2) is 0 Å². The maximum atomic E-state index is 13.0. The van der Waals surface area contributed by atoms with Gasteiger partial charge in [0.25, 0.3) is 0 Å². The zero-order valence-corrected chi connectivity index (χ0v) is 19.3. The SMILES string of the molecule is CC(C)(C)OC(=O)N1CCC[C@H](C(=O)N[C@@H]2CCCN(c3ncnc4sccc34)C2)C1. The van der Waals surface area contributed by atoms with Crippen molar-refractivity contribution in [1.29, 1.82) is 0 Å². The summed E-state index contributed by atoms with van der Waals surface area (Å²) in [4.78, 5) is 39.2. The summed E-state index contributed by atoms with van der Waals surface area (Å²) in [7, 11) is 0. The second-order valence-corrected chi connectivity index (χ2v) is 10.3. The summed E-state index contributed by atoms with van der Waals surface area (Å²) in [6.45, 7) is 8.28. The lowest BCUT2D eigenvalue weighted by Crippen LogP contribution is -2.52. The highest BCUT2D eigenvalue weighted by Gasteiger charge is 2.32. The Hall–Kier alpha value is -2.42. The summed E-state index contributed by atoms with van der Waals surface area (Å²) in [6, 6.07) is 2.13. The van der Waals surface area contributed by atoms with Crippen LogP contribution >= 0.6 is 11.3 Å². The van der Waals surface area contributed by atoms with Crippen molar-refractivity contribution >= 4 is 39.4 Å². The fourth-order valence-electron chi connectivity index (χ4n) is 4.32. The summed E-state index contributed by atoms with van der Waals surface area (Å²) >= 11 is 1.61. The van der Waals surface area contributed by atoms with Gasteiger partial charge in [0.05, 0.1) is 11.3 Å². The van der Waals surface area contributed by atoms with Crippen LogP contribution in [0.25, 0.3) is 10.2 Å². The number of carbonyl (C=O) groups excluding carboxylic acids is 2. The van der Waals surface area contributed by atoms with Crippen LogP contribution in [0.3, 0.4) is 0 Å². The van der Waals surface area contributed by atoms with E-state index in [4.69, 9.17) is 4.74 Å².